The molecule has 0 saturated carbocycles. The fraction of sp³-hybridized carbons (Fsp3) is 0.154. The Labute approximate surface area is 229 Å². The average Bonchev–Trinajstić information content (AvgIpc) is 3.26. The van der Waals surface area contributed by atoms with E-state index < -0.39 is 16.8 Å². The van der Waals surface area contributed by atoms with Crippen LogP contribution in [0.2, 0.25) is 10.0 Å². The van der Waals surface area contributed by atoms with Gasteiger partial charge in [0.1, 0.15) is 0 Å². The van der Waals surface area contributed by atoms with Gasteiger partial charge in [-0.3, -0.25) is 4.79 Å². The molecular formula is C26H24Cl3N3O3S. The molecular weight excluding hydrogens is 541 g/mol. The number of thioether (sulfide) groups is 1. The number of aliphatic carboxylic acids is 1. The summed E-state index contributed by atoms with van der Waals surface area (Å²) in [6.07, 6.45) is 3.23. The number of benzene rings is 3. The van der Waals surface area contributed by atoms with E-state index in [0.29, 0.717) is 38.1 Å². The molecule has 4 aromatic rings. The number of carboxylic acid groups (broad SMARTS) is 1. The zero-order valence-electron chi connectivity index (χ0n) is 19.1. The lowest BCUT2D eigenvalue weighted by Crippen LogP contribution is -2.31. The Balaban J connectivity index is 0.00000361. The Bertz CT molecular complexity index is 1360. The van der Waals surface area contributed by atoms with E-state index in [9.17, 15) is 15.0 Å². The number of imidazole rings is 1. The van der Waals surface area contributed by atoms with Gasteiger partial charge in [-0.1, -0.05) is 53.5 Å². The van der Waals surface area contributed by atoms with Crippen molar-refractivity contribution in [3.05, 3.63) is 117 Å². The van der Waals surface area contributed by atoms with Gasteiger partial charge in [0.25, 0.3) is 0 Å². The molecule has 2 unspecified atom stereocenters. The summed E-state index contributed by atoms with van der Waals surface area (Å²) in [5, 5.41) is 22.3. The fourth-order valence-corrected chi connectivity index (χ4v) is 5.43. The first-order valence-corrected chi connectivity index (χ1v) is 12.4. The lowest BCUT2D eigenvalue weighted by molar-refractivity contribution is -0.133. The number of aromatic nitrogens is 2. The molecule has 3 aromatic carbocycles. The molecule has 4 rings (SSSR count). The quantitative estimate of drug-likeness (QED) is 0.230. The summed E-state index contributed by atoms with van der Waals surface area (Å²) < 4.78 is 1.75. The topological polar surface area (TPSA) is 101 Å². The average molecular weight is 565 g/mol. The van der Waals surface area contributed by atoms with Crippen molar-refractivity contribution in [2.24, 2.45) is 7.05 Å². The fourth-order valence-electron chi connectivity index (χ4n) is 4.08. The van der Waals surface area contributed by atoms with Gasteiger partial charge in [-0.25, -0.2) is 4.98 Å². The number of halogens is 3. The molecule has 0 aliphatic carbocycles. The predicted octanol–water partition coefficient (Wildman–Crippen LogP) is 5.92. The van der Waals surface area contributed by atoms with Crippen molar-refractivity contribution >= 4 is 59.0 Å². The molecule has 6 nitrogen and oxygen atoms in total. The van der Waals surface area contributed by atoms with Gasteiger partial charge in [0, 0.05) is 22.8 Å². The molecule has 0 aliphatic rings. The van der Waals surface area contributed by atoms with Gasteiger partial charge < -0.3 is 20.5 Å². The van der Waals surface area contributed by atoms with Crippen molar-refractivity contribution in [3.63, 3.8) is 0 Å². The molecule has 0 amide bonds. The Morgan fingerprint density at radius 1 is 1.08 bits per heavy atom. The normalized spacial score (nSPS) is 13.4. The minimum Gasteiger partial charge on any atom is -0.481 e. The molecule has 0 fully saturated rings. The summed E-state index contributed by atoms with van der Waals surface area (Å²) in [7, 11) is 1.80. The monoisotopic (exact) mass is 563 g/mol. The molecule has 188 valence electrons. The highest BCUT2D eigenvalue weighted by Crippen LogP contribution is 2.43. The van der Waals surface area contributed by atoms with Crippen molar-refractivity contribution in [2.45, 2.75) is 10.9 Å². The van der Waals surface area contributed by atoms with E-state index in [1.807, 2.05) is 18.2 Å². The summed E-state index contributed by atoms with van der Waals surface area (Å²) >= 11 is 13.6. The van der Waals surface area contributed by atoms with E-state index in [2.05, 4.69) is 4.98 Å². The van der Waals surface area contributed by atoms with Crippen LogP contribution in [0.4, 0.5) is 5.69 Å². The van der Waals surface area contributed by atoms with Gasteiger partial charge in [0.05, 0.1) is 29.2 Å². The minimum atomic E-state index is -1.57. The number of nitrogen functional groups attached to an aromatic ring is 1. The van der Waals surface area contributed by atoms with Crippen LogP contribution in [0.15, 0.2) is 79.3 Å². The van der Waals surface area contributed by atoms with Crippen LogP contribution in [-0.2, 0) is 17.4 Å². The molecule has 0 saturated heterocycles. The van der Waals surface area contributed by atoms with Crippen LogP contribution in [0, 0.1) is 0 Å². The first kappa shape index (κ1) is 27.9. The SMILES string of the molecule is Cl.Cn1cncc1C(O)(c1ccc(Cl)cc1)c1ccc(N)c(C(SCC(=O)O)c2cccc(Cl)c2)c1. The third-order valence-corrected chi connectivity index (χ3v) is 7.52. The standard InChI is InChI=1S/C26H23Cl2N3O3S.ClH/c1-31-15-30-13-23(31)26(34,17-5-8-19(27)9-6-17)18-7-10-22(29)21(12-18)25(35-14-24(32)33)16-3-2-4-20(28)11-16;/h2-13,15,25,34H,14,29H2,1H3,(H,32,33);1H. The Kier molecular flexibility index (Phi) is 8.98. The number of aliphatic hydroxyl groups is 1. The Hall–Kier alpha value is -2.68. The molecule has 2 atom stereocenters. The summed E-state index contributed by atoms with van der Waals surface area (Å²) in [5.74, 6) is -1.08. The third kappa shape index (κ3) is 5.66. The number of carboxylic acids is 1. The van der Waals surface area contributed by atoms with Gasteiger partial charge in [0.15, 0.2) is 5.60 Å². The van der Waals surface area contributed by atoms with Crippen molar-refractivity contribution in [2.75, 3.05) is 11.5 Å². The number of nitrogens with two attached hydrogens (primary N) is 1. The highest BCUT2D eigenvalue weighted by molar-refractivity contribution is 8.00. The van der Waals surface area contributed by atoms with Crippen molar-refractivity contribution < 1.29 is 15.0 Å². The van der Waals surface area contributed by atoms with E-state index in [1.54, 1.807) is 72.7 Å². The number of hydrogen-bond donors (Lipinski definition) is 3. The Morgan fingerprint density at radius 3 is 2.39 bits per heavy atom. The van der Waals surface area contributed by atoms with Gasteiger partial charge in [-0.05, 0) is 58.7 Å². The molecule has 36 heavy (non-hydrogen) atoms. The molecule has 0 radical (unpaired) electrons. The molecule has 0 aliphatic heterocycles. The molecule has 1 aromatic heterocycles. The number of nitrogens with zero attached hydrogens (tertiary/aromatic N) is 2. The maximum atomic E-state index is 12.2. The highest BCUT2D eigenvalue weighted by atomic mass is 35.5. The minimum absolute atomic E-state index is 0. The first-order chi connectivity index (χ1) is 16.7. The van der Waals surface area contributed by atoms with E-state index in [1.165, 1.54) is 11.8 Å². The number of anilines is 1. The van der Waals surface area contributed by atoms with Crippen LogP contribution in [-0.4, -0.2) is 31.5 Å². The van der Waals surface area contributed by atoms with Gasteiger partial charge >= 0.3 is 5.97 Å². The van der Waals surface area contributed by atoms with Gasteiger partial charge in [-0.15, -0.1) is 24.2 Å². The number of hydrogen-bond acceptors (Lipinski definition) is 5. The number of rotatable bonds is 8. The molecule has 0 spiro atoms. The first-order valence-electron chi connectivity index (χ1n) is 10.6. The highest BCUT2D eigenvalue weighted by Gasteiger charge is 2.37. The van der Waals surface area contributed by atoms with Crippen molar-refractivity contribution in [1.29, 1.82) is 0 Å². The lowest BCUT2D eigenvalue weighted by atomic mass is 9.82. The molecule has 4 N–H and O–H groups in total. The third-order valence-electron chi connectivity index (χ3n) is 5.76. The number of aryl methyl sites for hydroxylation is 1. The maximum Gasteiger partial charge on any atom is 0.313 e. The van der Waals surface area contributed by atoms with E-state index in [4.69, 9.17) is 28.9 Å². The van der Waals surface area contributed by atoms with E-state index in [0.717, 1.165) is 5.56 Å². The predicted molar refractivity (Wildman–Crippen MR) is 148 cm³/mol. The second-order valence-corrected chi connectivity index (χ2v) is 10.1. The largest absolute Gasteiger partial charge is 0.481 e. The number of carbonyl (C=O) groups is 1. The zero-order chi connectivity index (χ0) is 25.2. The lowest BCUT2D eigenvalue weighted by Gasteiger charge is -2.31. The van der Waals surface area contributed by atoms with Crippen LogP contribution >= 0.6 is 47.4 Å². The van der Waals surface area contributed by atoms with Crippen LogP contribution in [0.25, 0.3) is 0 Å². The summed E-state index contributed by atoms with van der Waals surface area (Å²) in [6.45, 7) is 0. The Morgan fingerprint density at radius 2 is 1.78 bits per heavy atom. The van der Waals surface area contributed by atoms with E-state index >= 15 is 0 Å². The van der Waals surface area contributed by atoms with Crippen molar-refractivity contribution in [3.8, 4) is 0 Å². The molecule has 0 bridgehead atoms. The van der Waals surface area contributed by atoms with Crippen LogP contribution in [0.3, 0.4) is 0 Å². The second-order valence-electron chi connectivity index (χ2n) is 8.09. The van der Waals surface area contributed by atoms with E-state index in [-0.39, 0.29) is 18.2 Å². The molecule has 1 heterocycles. The van der Waals surface area contributed by atoms with Gasteiger partial charge in [-0.2, -0.15) is 0 Å². The van der Waals surface area contributed by atoms with Crippen LogP contribution in [0.1, 0.15) is 33.2 Å². The zero-order valence-corrected chi connectivity index (χ0v) is 22.3. The molecule has 10 heteroatoms. The maximum absolute atomic E-state index is 12.2. The van der Waals surface area contributed by atoms with Crippen LogP contribution < -0.4 is 5.73 Å². The van der Waals surface area contributed by atoms with Crippen molar-refractivity contribution in [1.82, 2.24) is 9.55 Å². The summed E-state index contributed by atoms with van der Waals surface area (Å²) in [6, 6.07) is 19.5. The van der Waals surface area contributed by atoms with Gasteiger partial charge in [0.2, 0.25) is 0 Å². The summed E-state index contributed by atoms with van der Waals surface area (Å²) in [5.41, 5.74) is 8.49. The smallest absolute Gasteiger partial charge is 0.313 e. The van der Waals surface area contributed by atoms with Crippen LogP contribution in [0.5, 0.6) is 0 Å². The summed E-state index contributed by atoms with van der Waals surface area (Å²) in [4.78, 5) is 15.6. The second kappa shape index (κ2) is 11.6.